The molecule has 1 saturated heterocycles. The molecular weight excluding hydrogens is 254 g/mol. The average molecular weight is 272 g/mol. The maximum atomic E-state index is 10.8. The van der Waals surface area contributed by atoms with Crippen molar-refractivity contribution in [2.45, 2.75) is 25.8 Å². The number of carbonyl (C=O) groups is 1. The van der Waals surface area contributed by atoms with Crippen LogP contribution in [0.1, 0.15) is 29.8 Å². The zero-order valence-electron chi connectivity index (χ0n) is 10.5. The van der Waals surface area contributed by atoms with E-state index in [-0.39, 0.29) is 5.69 Å². The number of hydrogen-bond donors (Lipinski definition) is 1. The molecule has 0 saturated carbocycles. The molecule has 1 N–H and O–H groups in total. The van der Waals surface area contributed by atoms with Gasteiger partial charge in [-0.05, 0) is 45.3 Å². The van der Waals surface area contributed by atoms with Crippen LogP contribution in [0.25, 0.3) is 0 Å². The van der Waals surface area contributed by atoms with E-state index >= 15 is 0 Å². The summed E-state index contributed by atoms with van der Waals surface area (Å²) in [5.41, 5.74) is 0.0170. The molecule has 1 aliphatic rings. The standard InChI is InChI=1S/C12H18ClN3O2/c1-15-5-2-9(3-6-15)4-7-16-11(13)8-10(14-16)12(17)18/h8-9H,2-7H2,1H3,(H,17,18). The minimum atomic E-state index is -1.03. The van der Waals surface area contributed by atoms with Gasteiger partial charge in [-0.1, -0.05) is 11.6 Å². The third kappa shape index (κ3) is 3.23. The molecule has 100 valence electrons. The Balaban J connectivity index is 1.88. The van der Waals surface area contributed by atoms with Gasteiger partial charge in [-0.15, -0.1) is 0 Å². The number of carboxylic acids is 1. The predicted molar refractivity (Wildman–Crippen MR) is 69.0 cm³/mol. The Labute approximate surface area is 111 Å². The molecule has 1 aliphatic heterocycles. The van der Waals surface area contributed by atoms with E-state index in [0.29, 0.717) is 17.6 Å². The molecule has 0 unspecified atom stereocenters. The number of nitrogens with zero attached hydrogens (tertiary/aromatic N) is 3. The van der Waals surface area contributed by atoms with Gasteiger partial charge in [-0.25, -0.2) is 4.79 Å². The van der Waals surface area contributed by atoms with E-state index in [1.807, 2.05) is 0 Å². The molecule has 18 heavy (non-hydrogen) atoms. The van der Waals surface area contributed by atoms with Gasteiger partial charge in [-0.3, -0.25) is 4.68 Å². The van der Waals surface area contributed by atoms with Crippen LogP contribution in [0.5, 0.6) is 0 Å². The number of aryl methyl sites for hydroxylation is 1. The summed E-state index contributed by atoms with van der Waals surface area (Å²) in [6.07, 6.45) is 3.40. The minimum absolute atomic E-state index is 0.0170. The topological polar surface area (TPSA) is 58.4 Å². The van der Waals surface area contributed by atoms with Gasteiger partial charge in [0.05, 0.1) is 0 Å². The first-order valence-corrected chi connectivity index (χ1v) is 6.59. The molecule has 0 atom stereocenters. The highest BCUT2D eigenvalue weighted by atomic mass is 35.5. The van der Waals surface area contributed by atoms with Crippen molar-refractivity contribution in [1.29, 1.82) is 0 Å². The predicted octanol–water partition coefficient (Wildman–Crippen LogP) is 1.97. The molecule has 0 amide bonds. The van der Waals surface area contributed by atoms with Crippen molar-refractivity contribution < 1.29 is 9.90 Å². The zero-order chi connectivity index (χ0) is 13.1. The van der Waals surface area contributed by atoms with Gasteiger partial charge in [-0.2, -0.15) is 5.10 Å². The summed E-state index contributed by atoms with van der Waals surface area (Å²) in [7, 11) is 2.14. The smallest absolute Gasteiger partial charge is 0.356 e. The Hall–Kier alpha value is -1.07. The first-order valence-electron chi connectivity index (χ1n) is 6.21. The molecule has 1 aromatic rings. The lowest BCUT2D eigenvalue weighted by Crippen LogP contribution is -2.30. The van der Waals surface area contributed by atoms with Crippen LogP contribution in [0, 0.1) is 5.92 Å². The Morgan fingerprint density at radius 2 is 2.22 bits per heavy atom. The second-order valence-electron chi connectivity index (χ2n) is 4.92. The van der Waals surface area contributed by atoms with E-state index in [4.69, 9.17) is 16.7 Å². The van der Waals surface area contributed by atoms with Gasteiger partial charge in [0.25, 0.3) is 0 Å². The van der Waals surface area contributed by atoms with Crippen LogP contribution in [0.3, 0.4) is 0 Å². The summed E-state index contributed by atoms with van der Waals surface area (Å²) >= 11 is 5.96. The summed E-state index contributed by atoms with van der Waals surface area (Å²) in [4.78, 5) is 13.1. The van der Waals surface area contributed by atoms with Crippen molar-refractivity contribution in [2.24, 2.45) is 5.92 Å². The van der Waals surface area contributed by atoms with Gasteiger partial charge in [0.15, 0.2) is 5.69 Å². The number of likely N-dealkylation sites (tertiary alicyclic amines) is 1. The summed E-state index contributed by atoms with van der Waals surface area (Å²) in [5.74, 6) is -0.343. The maximum Gasteiger partial charge on any atom is 0.356 e. The molecule has 5 nitrogen and oxygen atoms in total. The average Bonchev–Trinajstić information content (AvgIpc) is 2.70. The molecule has 0 aromatic carbocycles. The van der Waals surface area contributed by atoms with Crippen LogP contribution in [0.15, 0.2) is 6.07 Å². The van der Waals surface area contributed by atoms with E-state index in [1.165, 1.54) is 18.9 Å². The molecule has 0 radical (unpaired) electrons. The Morgan fingerprint density at radius 1 is 1.56 bits per heavy atom. The lowest BCUT2D eigenvalue weighted by molar-refractivity contribution is 0.0689. The highest BCUT2D eigenvalue weighted by Crippen LogP contribution is 2.21. The second kappa shape index (κ2) is 5.71. The number of piperidine rings is 1. The molecule has 2 rings (SSSR count). The quantitative estimate of drug-likeness (QED) is 0.910. The zero-order valence-corrected chi connectivity index (χ0v) is 11.2. The third-order valence-electron chi connectivity index (χ3n) is 3.54. The summed E-state index contributed by atoms with van der Waals surface area (Å²) < 4.78 is 1.59. The Kier molecular flexibility index (Phi) is 4.24. The third-order valence-corrected chi connectivity index (χ3v) is 3.84. The number of halogens is 1. The molecule has 0 spiro atoms. The second-order valence-corrected chi connectivity index (χ2v) is 5.30. The van der Waals surface area contributed by atoms with Crippen molar-refractivity contribution in [3.8, 4) is 0 Å². The number of hydrogen-bond acceptors (Lipinski definition) is 3. The highest BCUT2D eigenvalue weighted by molar-refractivity contribution is 6.29. The van der Waals surface area contributed by atoms with Crippen molar-refractivity contribution in [3.63, 3.8) is 0 Å². The highest BCUT2D eigenvalue weighted by Gasteiger charge is 2.18. The van der Waals surface area contributed by atoms with Crippen LogP contribution in [0.4, 0.5) is 0 Å². The summed E-state index contributed by atoms with van der Waals surface area (Å²) in [5, 5.41) is 13.2. The van der Waals surface area contributed by atoms with Crippen LogP contribution >= 0.6 is 11.6 Å². The normalized spacial score (nSPS) is 18.1. The van der Waals surface area contributed by atoms with Crippen molar-refractivity contribution in [3.05, 3.63) is 16.9 Å². The molecule has 6 heteroatoms. The number of carboxylic acid groups (broad SMARTS) is 1. The maximum absolute atomic E-state index is 10.8. The van der Waals surface area contributed by atoms with Crippen molar-refractivity contribution in [1.82, 2.24) is 14.7 Å². The number of aromatic carboxylic acids is 1. The van der Waals surface area contributed by atoms with Crippen LogP contribution in [0.2, 0.25) is 5.15 Å². The summed E-state index contributed by atoms with van der Waals surface area (Å²) in [6, 6.07) is 1.40. The van der Waals surface area contributed by atoms with Gasteiger partial charge in [0.2, 0.25) is 0 Å². The first-order chi connectivity index (χ1) is 8.56. The molecule has 0 bridgehead atoms. The first kappa shape index (κ1) is 13.4. The van der Waals surface area contributed by atoms with Gasteiger partial charge < -0.3 is 10.0 Å². The Morgan fingerprint density at radius 3 is 2.78 bits per heavy atom. The number of rotatable bonds is 4. The van der Waals surface area contributed by atoms with E-state index in [0.717, 1.165) is 19.5 Å². The van der Waals surface area contributed by atoms with Crippen molar-refractivity contribution in [2.75, 3.05) is 20.1 Å². The molecule has 0 aliphatic carbocycles. The van der Waals surface area contributed by atoms with Crippen LogP contribution in [-0.4, -0.2) is 45.9 Å². The van der Waals surface area contributed by atoms with Crippen LogP contribution < -0.4 is 0 Å². The van der Waals surface area contributed by atoms with Gasteiger partial charge in [0, 0.05) is 12.6 Å². The molecule has 1 fully saturated rings. The van der Waals surface area contributed by atoms with E-state index in [1.54, 1.807) is 4.68 Å². The lowest BCUT2D eigenvalue weighted by atomic mass is 9.94. The largest absolute Gasteiger partial charge is 0.476 e. The SMILES string of the molecule is CN1CCC(CCn2nc(C(=O)O)cc2Cl)CC1. The van der Waals surface area contributed by atoms with Gasteiger partial charge in [0.1, 0.15) is 5.15 Å². The fourth-order valence-electron chi connectivity index (χ4n) is 2.31. The molecular formula is C12H18ClN3O2. The molecule has 1 aromatic heterocycles. The Bertz CT molecular complexity index is 425. The minimum Gasteiger partial charge on any atom is -0.476 e. The van der Waals surface area contributed by atoms with Crippen molar-refractivity contribution >= 4 is 17.6 Å². The number of aromatic nitrogens is 2. The van der Waals surface area contributed by atoms with E-state index < -0.39 is 5.97 Å². The van der Waals surface area contributed by atoms with E-state index in [2.05, 4.69) is 17.0 Å². The van der Waals surface area contributed by atoms with Crippen LogP contribution in [-0.2, 0) is 6.54 Å². The fraction of sp³-hybridized carbons (Fsp3) is 0.667. The lowest BCUT2D eigenvalue weighted by Gasteiger charge is -2.28. The van der Waals surface area contributed by atoms with E-state index in [9.17, 15) is 4.79 Å². The fourth-order valence-corrected chi connectivity index (χ4v) is 2.54. The molecule has 2 heterocycles. The van der Waals surface area contributed by atoms with Gasteiger partial charge >= 0.3 is 5.97 Å². The summed E-state index contributed by atoms with van der Waals surface area (Å²) in [6.45, 7) is 2.97. The monoisotopic (exact) mass is 271 g/mol.